The van der Waals surface area contributed by atoms with Gasteiger partial charge in [-0.3, -0.25) is 5.10 Å². The third-order valence-electron chi connectivity index (χ3n) is 2.04. The van der Waals surface area contributed by atoms with E-state index in [1.807, 2.05) is 13.1 Å². The van der Waals surface area contributed by atoms with Crippen LogP contribution in [-0.2, 0) is 0 Å². The van der Waals surface area contributed by atoms with Crippen molar-refractivity contribution in [2.24, 2.45) is 0 Å². The summed E-state index contributed by atoms with van der Waals surface area (Å²) in [5, 5.41) is 10.3. The lowest BCUT2D eigenvalue weighted by atomic mass is 10.1. The van der Waals surface area contributed by atoms with Crippen molar-refractivity contribution >= 4 is 0 Å². The molecule has 3 nitrogen and oxygen atoms in total. The van der Waals surface area contributed by atoms with Crippen LogP contribution < -0.4 is 5.32 Å². The Kier molecular flexibility index (Phi) is 3.29. The van der Waals surface area contributed by atoms with Crippen LogP contribution in [0.15, 0.2) is 6.20 Å². The van der Waals surface area contributed by atoms with Crippen molar-refractivity contribution in [2.45, 2.75) is 33.2 Å². The van der Waals surface area contributed by atoms with Gasteiger partial charge < -0.3 is 5.32 Å². The molecule has 1 unspecified atom stereocenters. The monoisotopic (exact) mass is 167 g/mol. The van der Waals surface area contributed by atoms with Crippen LogP contribution in [0.4, 0.5) is 0 Å². The lowest BCUT2D eigenvalue weighted by Crippen LogP contribution is -2.19. The third kappa shape index (κ3) is 2.08. The van der Waals surface area contributed by atoms with Crippen LogP contribution in [-0.4, -0.2) is 16.7 Å². The van der Waals surface area contributed by atoms with Gasteiger partial charge in [-0.2, -0.15) is 5.10 Å². The topological polar surface area (TPSA) is 40.7 Å². The average molecular weight is 167 g/mol. The fourth-order valence-corrected chi connectivity index (χ4v) is 1.27. The van der Waals surface area contributed by atoms with Gasteiger partial charge in [-0.15, -0.1) is 0 Å². The summed E-state index contributed by atoms with van der Waals surface area (Å²) in [6.07, 6.45) is 3.06. The minimum Gasteiger partial charge on any atom is -0.310 e. The zero-order valence-corrected chi connectivity index (χ0v) is 8.02. The molecule has 0 aliphatic carbocycles. The number of hydrogen-bond acceptors (Lipinski definition) is 2. The SMILES string of the molecule is CCCNC(C)c1cn[nH]c1C. The van der Waals surface area contributed by atoms with E-state index in [4.69, 9.17) is 0 Å². The summed E-state index contributed by atoms with van der Waals surface area (Å²) < 4.78 is 0. The molecule has 0 saturated heterocycles. The molecule has 1 aromatic heterocycles. The van der Waals surface area contributed by atoms with E-state index in [-0.39, 0.29) is 0 Å². The molecule has 0 saturated carbocycles. The van der Waals surface area contributed by atoms with Crippen molar-refractivity contribution in [1.82, 2.24) is 15.5 Å². The maximum Gasteiger partial charge on any atom is 0.0537 e. The molecule has 0 bridgehead atoms. The molecule has 0 aliphatic heterocycles. The summed E-state index contributed by atoms with van der Waals surface area (Å²) in [4.78, 5) is 0. The summed E-state index contributed by atoms with van der Waals surface area (Å²) in [7, 11) is 0. The smallest absolute Gasteiger partial charge is 0.0537 e. The van der Waals surface area contributed by atoms with Crippen LogP contribution in [0.5, 0.6) is 0 Å². The Morgan fingerprint density at radius 3 is 2.92 bits per heavy atom. The summed E-state index contributed by atoms with van der Waals surface area (Å²) in [5.74, 6) is 0. The quantitative estimate of drug-likeness (QED) is 0.717. The van der Waals surface area contributed by atoms with Crippen LogP contribution in [0.3, 0.4) is 0 Å². The van der Waals surface area contributed by atoms with Gasteiger partial charge in [-0.1, -0.05) is 6.92 Å². The second-order valence-corrected chi connectivity index (χ2v) is 3.13. The number of aromatic nitrogens is 2. The van der Waals surface area contributed by atoms with Crippen molar-refractivity contribution in [3.63, 3.8) is 0 Å². The van der Waals surface area contributed by atoms with Crippen molar-refractivity contribution in [3.05, 3.63) is 17.5 Å². The van der Waals surface area contributed by atoms with E-state index in [2.05, 4.69) is 29.4 Å². The number of nitrogens with zero attached hydrogens (tertiary/aromatic N) is 1. The number of rotatable bonds is 4. The predicted molar refractivity (Wildman–Crippen MR) is 50.0 cm³/mol. The Morgan fingerprint density at radius 2 is 2.42 bits per heavy atom. The highest BCUT2D eigenvalue weighted by Gasteiger charge is 2.07. The fraction of sp³-hybridized carbons (Fsp3) is 0.667. The van der Waals surface area contributed by atoms with E-state index in [1.54, 1.807) is 0 Å². The largest absolute Gasteiger partial charge is 0.310 e. The van der Waals surface area contributed by atoms with Crippen molar-refractivity contribution < 1.29 is 0 Å². The molecular weight excluding hydrogens is 150 g/mol. The van der Waals surface area contributed by atoms with E-state index in [0.717, 1.165) is 12.2 Å². The maximum absolute atomic E-state index is 3.99. The standard InChI is InChI=1S/C9H17N3/c1-4-5-10-7(2)9-6-11-12-8(9)3/h6-7,10H,4-5H2,1-3H3,(H,11,12). The van der Waals surface area contributed by atoms with Gasteiger partial charge in [0.2, 0.25) is 0 Å². The van der Waals surface area contributed by atoms with Gasteiger partial charge in [-0.05, 0) is 26.8 Å². The minimum atomic E-state index is 0.406. The highest BCUT2D eigenvalue weighted by Crippen LogP contribution is 2.13. The molecule has 1 heterocycles. The summed E-state index contributed by atoms with van der Waals surface area (Å²) >= 11 is 0. The molecule has 2 N–H and O–H groups in total. The predicted octanol–water partition coefficient (Wildman–Crippen LogP) is 1.78. The molecule has 0 aromatic carbocycles. The van der Waals surface area contributed by atoms with Gasteiger partial charge >= 0.3 is 0 Å². The Bertz CT molecular complexity index is 229. The first-order chi connectivity index (χ1) is 5.75. The van der Waals surface area contributed by atoms with Crippen molar-refractivity contribution in [2.75, 3.05) is 6.54 Å². The number of aromatic amines is 1. The Hall–Kier alpha value is -0.830. The molecule has 0 spiro atoms. The summed E-state index contributed by atoms with van der Waals surface area (Å²) in [5.41, 5.74) is 2.43. The van der Waals surface area contributed by atoms with Crippen LogP contribution in [0.25, 0.3) is 0 Å². The van der Waals surface area contributed by atoms with E-state index < -0.39 is 0 Å². The molecule has 0 aliphatic rings. The Labute approximate surface area is 73.6 Å². The van der Waals surface area contributed by atoms with Gasteiger partial charge in [0.15, 0.2) is 0 Å². The first kappa shape index (κ1) is 9.26. The molecule has 1 atom stereocenters. The van der Waals surface area contributed by atoms with Gasteiger partial charge in [0.1, 0.15) is 0 Å². The summed E-state index contributed by atoms with van der Waals surface area (Å²) in [6, 6.07) is 0.406. The lowest BCUT2D eigenvalue weighted by molar-refractivity contribution is 0.568. The number of aryl methyl sites for hydroxylation is 1. The van der Waals surface area contributed by atoms with Crippen molar-refractivity contribution in [1.29, 1.82) is 0 Å². The number of nitrogens with one attached hydrogen (secondary N) is 2. The van der Waals surface area contributed by atoms with Crippen LogP contribution in [0.2, 0.25) is 0 Å². The highest BCUT2D eigenvalue weighted by atomic mass is 15.1. The number of H-pyrrole nitrogens is 1. The van der Waals surface area contributed by atoms with Crippen molar-refractivity contribution in [3.8, 4) is 0 Å². The molecule has 68 valence electrons. The van der Waals surface area contributed by atoms with Crippen LogP contribution in [0, 0.1) is 6.92 Å². The Balaban J connectivity index is 2.52. The minimum absolute atomic E-state index is 0.406. The number of hydrogen-bond donors (Lipinski definition) is 2. The molecule has 1 rings (SSSR count). The molecular formula is C9H17N3. The fourth-order valence-electron chi connectivity index (χ4n) is 1.27. The van der Waals surface area contributed by atoms with E-state index in [9.17, 15) is 0 Å². The van der Waals surface area contributed by atoms with Crippen LogP contribution in [0.1, 0.15) is 37.6 Å². The normalized spacial score (nSPS) is 13.2. The van der Waals surface area contributed by atoms with Crippen LogP contribution >= 0.6 is 0 Å². The van der Waals surface area contributed by atoms with Gasteiger partial charge in [0.05, 0.1) is 6.20 Å². The second kappa shape index (κ2) is 4.26. The second-order valence-electron chi connectivity index (χ2n) is 3.13. The molecule has 0 fully saturated rings. The average Bonchev–Trinajstić information content (AvgIpc) is 2.47. The molecule has 0 amide bonds. The van der Waals surface area contributed by atoms with E-state index in [0.29, 0.717) is 6.04 Å². The molecule has 0 radical (unpaired) electrons. The molecule has 12 heavy (non-hydrogen) atoms. The van der Waals surface area contributed by atoms with Gasteiger partial charge in [0.25, 0.3) is 0 Å². The molecule has 1 aromatic rings. The third-order valence-corrected chi connectivity index (χ3v) is 2.04. The van der Waals surface area contributed by atoms with E-state index in [1.165, 1.54) is 12.0 Å². The van der Waals surface area contributed by atoms with E-state index >= 15 is 0 Å². The zero-order valence-electron chi connectivity index (χ0n) is 8.02. The maximum atomic E-state index is 3.99. The first-order valence-electron chi connectivity index (χ1n) is 4.49. The summed E-state index contributed by atoms with van der Waals surface area (Å²) in [6.45, 7) is 7.44. The zero-order chi connectivity index (χ0) is 8.97. The van der Waals surface area contributed by atoms with Gasteiger partial charge in [-0.25, -0.2) is 0 Å². The highest BCUT2D eigenvalue weighted by molar-refractivity contribution is 5.18. The Morgan fingerprint density at radius 1 is 1.67 bits per heavy atom. The first-order valence-corrected chi connectivity index (χ1v) is 4.49. The molecule has 3 heteroatoms. The van der Waals surface area contributed by atoms with Gasteiger partial charge in [0, 0.05) is 17.3 Å². The lowest BCUT2D eigenvalue weighted by Gasteiger charge is -2.11.